The maximum absolute atomic E-state index is 12.0. The van der Waals surface area contributed by atoms with Gasteiger partial charge in [0.05, 0.1) is 11.8 Å². The third-order valence-corrected chi connectivity index (χ3v) is 3.97. The minimum atomic E-state index is -3.04. The van der Waals surface area contributed by atoms with Gasteiger partial charge in [0.1, 0.15) is 9.84 Å². The summed E-state index contributed by atoms with van der Waals surface area (Å²) in [6.07, 6.45) is 8.35. The Morgan fingerprint density at radius 2 is 2.12 bits per heavy atom. The Morgan fingerprint density at radius 1 is 1.41 bits per heavy atom. The van der Waals surface area contributed by atoms with E-state index in [1.165, 1.54) is 0 Å². The lowest BCUT2D eigenvalue weighted by Gasteiger charge is -2.11. The van der Waals surface area contributed by atoms with Crippen LogP contribution in [0.1, 0.15) is 38.5 Å². The van der Waals surface area contributed by atoms with Gasteiger partial charge in [0, 0.05) is 6.26 Å². The van der Waals surface area contributed by atoms with E-state index in [-0.39, 0.29) is 18.0 Å². The van der Waals surface area contributed by atoms with Crippen molar-refractivity contribution in [3.63, 3.8) is 0 Å². The highest BCUT2D eigenvalue weighted by atomic mass is 32.2. The Morgan fingerprint density at radius 3 is 2.76 bits per heavy atom. The predicted octanol–water partition coefficient (Wildman–Crippen LogP) is 1.21. The first-order valence-electron chi connectivity index (χ1n) is 6.07. The van der Waals surface area contributed by atoms with Crippen molar-refractivity contribution in [1.82, 2.24) is 0 Å². The molecule has 0 fully saturated rings. The minimum absolute atomic E-state index is 0.0206. The van der Waals surface area contributed by atoms with Crippen LogP contribution >= 0.6 is 0 Å². The molecule has 1 aliphatic carbocycles. The van der Waals surface area contributed by atoms with Crippen molar-refractivity contribution >= 4 is 15.6 Å². The first-order valence-corrected chi connectivity index (χ1v) is 8.13. The van der Waals surface area contributed by atoms with Crippen molar-refractivity contribution in [3.8, 4) is 0 Å². The van der Waals surface area contributed by atoms with E-state index in [2.05, 4.69) is 0 Å². The zero-order chi connectivity index (χ0) is 12.9. The van der Waals surface area contributed by atoms with Crippen molar-refractivity contribution in [2.24, 2.45) is 5.73 Å². The fraction of sp³-hybridized carbons (Fsp3) is 0.750. The van der Waals surface area contributed by atoms with Crippen LogP contribution in [-0.4, -0.2) is 32.3 Å². The van der Waals surface area contributed by atoms with E-state index in [1.54, 1.807) is 0 Å². The van der Waals surface area contributed by atoms with E-state index in [9.17, 15) is 13.2 Å². The van der Waals surface area contributed by atoms with Gasteiger partial charge in [0.2, 0.25) is 0 Å². The summed E-state index contributed by atoms with van der Waals surface area (Å²) in [7, 11) is -3.04. The molecule has 0 saturated carbocycles. The minimum Gasteiger partial charge on any atom is -0.321 e. The van der Waals surface area contributed by atoms with Gasteiger partial charge in [0.15, 0.2) is 5.78 Å². The average Bonchev–Trinajstić information content (AvgIpc) is 2.52. The van der Waals surface area contributed by atoms with Crippen molar-refractivity contribution in [2.45, 2.75) is 44.6 Å². The van der Waals surface area contributed by atoms with Crippen LogP contribution in [0.4, 0.5) is 0 Å². The molecule has 1 unspecified atom stereocenters. The second-order valence-electron chi connectivity index (χ2n) is 4.72. The molecule has 5 heteroatoms. The molecule has 0 bridgehead atoms. The number of sulfone groups is 1. The van der Waals surface area contributed by atoms with E-state index in [0.29, 0.717) is 0 Å². The fourth-order valence-electron chi connectivity index (χ4n) is 1.95. The highest BCUT2D eigenvalue weighted by Gasteiger charge is 2.20. The number of rotatable bonds is 5. The van der Waals surface area contributed by atoms with E-state index in [1.807, 2.05) is 6.08 Å². The summed E-state index contributed by atoms with van der Waals surface area (Å²) in [5, 5.41) is 0. The summed E-state index contributed by atoms with van der Waals surface area (Å²) in [6, 6.07) is -0.672. The molecule has 98 valence electrons. The molecule has 1 atom stereocenters. The summed E-state index contributed by atoms with van der Waals surface area (Å²) in [4.78, 5) is 12.0. The molecule has 0 radical (unpaired) electrons. The Labute approximate surface area is 103 Å². The number of allylic oxidation sites excluding steroid dienone is 1. The largest absolute Gasteiger partial charge is 0.321 e. The Bertz CT molecular complexity index is 398. The number of carbonyl (C=O) groups excluding carboxylic acids is 1. The smallest absolute Gasteiger partial charge is 0.175 e. The van der Waals surface area contributed by atoms with Gasteiger partial charge in [-0.1, -0.05) is 12.5 Å². The maximum Gasteiger partial charge on any atom is 0.175 e. The number of ketones is 1. The Kier molecular flexibility index (Phi) is 5.33. The second kappa shape index (κ2) is 6.31. The summed E-state index contributed by atoms with van der Waals surface area (Å²) < 4.78 is 22.0. The van der Waals surface area contributed by atoms with Gasteiger partial charge in [-0.25, -0.2) is 8.42 Å². The van der Waals surface area contributed by atoms with Crippen molar-refractivity contribution in [2.75, 3.05) is 12.0 Å². The Balaban J connectivity index is 2.53. The molecular formula is C12H21NO3S. The Hall–Kier alpha value is -0.680. The summed E-state index contributed by atoms with van der Waals surface area (Å²) >= 11 is 0. The molecule has 0 heterocycles. The highest BCUT2D eigenvalue weighted by Crippen LogP contribution is 2.19. The molecule has 2 N–H and O–H groups in total. The van der Waals surface area contributed by atoms with Crippen LogP contribution in [0.25, 0.3) is 0 Å². The van der Waals surface area contributed by atoms with Gasteiger partial charge in [-0.2, -0.15) is 0 Å². The normalized spacial score (nSPS) is 19.3. The van der Waals surface area contributed by atoms with Gasteiger partial charge in [-0.15, -0.1) is 0 Å². The molecule has 0 spiro atoms. The van der Waals surface area contributed by atoms with E-state index in [0.717, 1.165) is 43.9 Å². The topological polar surface area (TPSA) is 77.2 Å². The molecule has 4 nitrogen and oxygen atoms in total. The lowest BCUT2D eigenvalue weighted by molar-refractivity contribution is -0.116. The molecule has 0 aromatic carbocycles. The first kappa shape index (κ1) is 14.4. The lowest BCUT2D eigenvalue weighted by atomic mass is 9.99. The molecule has 17 heavy (non-hydrogen) atoms. The van der Waals surface area contributed by atoms with Crippen molar-refractivity contribution in [3.05, 3.63) is 11.6 Å². The third kappa shape index (κ3) is 5.46. The molecule has 0 amide bonds. The number of Topliss-reactive ketones (excluding diaryl/α,β-unsaturated/α-hetero) is 1. The van der Waals surface area contributed by atoms with E-state index in [4.69, 9.17) is 5.73 Å². The van der Waals surface area contributed by atoms with Gasteiger partial charge >= 0.3 is 0 Å². The molecule has 0 aromatic rings. The summed E-state index contributed by atoms with van der Waals surface area (Å²) in [6.45, 7) is 0. The maximum atomic E-state index is 12.0. The van der Waals surface area contributed by atoms with Crippen LogP contribution < -0.4 is 5.73 Å². The SMILES string of the molecule is CS(=O)(=O)CCC(N)C(=O)C1=CCCCCC1. The first-order chi connectivity index (χ1) is 7.90. The molecular weight excluding hydrogens is 238 g/mol. The molecule has 0 aromatic heterocycles. The van der Waals surface area contributed by atoms with Crippen LogP contribution in [0, 0.1) is 0 Å². The van der Waals surface area contributed by atoms with Crippen molar-refractivity contribution in [1.29, 1.82) is 0 Å². The fourth-order valence-corrected chi connectivity index (χ4v) is 2.63. The molecule has 0 saturated heterocycles. The molecule has 1 rings (SSSR count). The monoisotopic (exact) mass is 259 g/mol. The van der Waals surface area contributed by atoms with Crippen LogP contribution in [0.5, 0.6) is 0 Å². The summed E-state index contributed by atoms with van der Waals surface area (Å²) in [5.41, 5.74) is 6.55. The van der Waals surface area contributed by atoms with Gasteiger partial charge < -0.3 is 5.73 Å². The van der Waals surface area contributed by atoms with E-state index < -0.39 is 15.9 Å². The third-order valence-electron chi connectivity index (χ3n) is 2.99. The zero-order valence-electron chi connectivity index (χ0n) is 10.3. The van der Waals surface area contributed by atoms with Gasteiger partial charge in [0.25, 0.3) is 0 Å². The second-order valence-corrected chi connectivity index (χ2v) is 6.98. The summed E-state index contributed by atoms with van der Waals surface area (Å²) in [5.74, 6) is -0.0942. The number of hydrogen-bond acceptors (Lipinski definition) is 4. The van der Waals surface area contributed by atoms with Crippen molar-refractivity contribution < 1.29 is 13.2 Å². The number of carbonyl (C=O) groups is 1. The number of nitrogens with two attached hydrogens (primary N) is 1. The predicted molar refractivity (Wildman–Crippen MR) is 68.5 cm³/mol. The number of hydrogen-bond donors (Lipinski definition) is 1. The van der Waals surface area contributed by atoms with E-state index >= 15 is 0 Å². The van der Waals surface area contributed by atoms with Gasteiger partial charge in [-0.05, 0) is 37.7 Å². The molecule has 1 aliphatic rings. The van der Waals surface area contributed by atoms with Crippen LogP contribution in [-0.2, 0) is 14.6 Å². The van der Waals surface area contributed by atoms with Gasteiger partial charge in [-0.3, -0.25) is 4.79 Å². The lowest BCUT2D eigenvalue weighted by Crippen LogP contribution is -2.33. The molecule has 0 aliphatic heterocycles. The zero-order valence-corrected chi connectivity index (χ0v) is 11.1. The standard InChI is InChI=1S/C12H21NO3S/c1-17(15,16)9-8-11(13)12(14)10-6-4-2-3-5-7-10/h6,11H,2-5,7-9,13H2,1H3. The van der Waals surface area contributed by atoms with Crippen LogP contribution in [0.2, 0.25) is 0 Å². The van der Waals surface area contributed by atoms with Crippen LogP contribution in [0.3, 0.4) is 0 Å². The quantitative estimate of drug-likeness (QED) is 0.805. The van der Waals surface area contributed by atoms with Crippen LogP contribution in [0.15, 0.2) is 11.6 Å². The highest BCUT2D eigenvalue weighted by molar-refractivity contribution is 7.90. The average molecular weight is 259 g/mol.